The number of carbonyl (C=O) groups is 1. The molecule has 1 aromatic rings. The number of nitro groups is 1. The summed E-state index contributed by atoms with van der Waals surface area (Å²) >= 11 is 0. The van der Waals surface area contributed by atoms with Crippen molar-refractivity contribution >= 4 is 5.91 Å². The highest BCUT2D eigenvalue weighted by atomic mass is 16.6. The Hall–Kier alpha value is -2.17. The molecule has 0 unspecified atom stereocenters. The molecule has 0 radical (unpaired) electrons. The van der Waals surface area contributed by atoms with Gasteiger partial charge in [-0.25, -0.2) is 0 Å². The molecule has 1 N–H and O–H groups in total. The molecule has 1 rings (SSSR count). The molecule has 1 amide bonds. The van der Waals surface area contributed by atoms with Crippen molar-refractivity contribution in [2.24, 2.45) is 0 Å². The quantitative estimate of drug-likeness (QED) is 0.620. The van der Waals surface area contributed by atoms with Crippen LogP contribution in [-0.4, -0.2) is 16.9 Å². The lowest BCUT2D eigenvalue weighted by molar-refractivity contribution is -0.402. The van der Waals surface area contributed by atoms with Gasteiger partial charge in [0.25, 0.3) is 0 Å². The Kier molecular flexibility index (Phi) is 4.87. The number of nitrogens with one attached hydrogen (secondary N) is 1. The molecule has 17 heavy (non-hydrogen) atoms. The van der Waals surface area contributed by atoms with Gasteiger partial charge in [0.05, 0.1) is 11.0 Å². The molecular weight excluding hydrogens is 220 g/mol. The zero-order chi connectivity index (χ0) is 12.7. The van der Waals surface area contributed by atoms with E-state index in [0.717, 1.165) is 11.8 Å². The van der Waals surface area contributed by atoms with E-state index in [9.17, 15) is 14.9 Å². The Morgan fingerprint density at radius 1 is 1.47 bits per heavy atom. The molecule has 0 heterocycles. The van der Waals surface area contributed by atoms with E-state index < -0.39 is 4.92 Å². The first-order chi connectivity index (χ1) is 8.08. The molecular formula is C12H14N2O3. The van der Waals surface area contributed by atoms with Crippen molar-refractivity contribution < 1.29 is 9.72 Å². The van der Waals surface area contributed by atoms with Crippen molar-refractivity contribution in [3.8, 4) is 0 Å². The predicted molar refractivity (Wildman–Crippen MR) is 63.9 cm³/mol. The van der Waals surface area contributed by atoms with E-state index in [0.29, 0.717) is 6.42 Å². The van der Waals surface area contributed by atoms with Crippen LogP contribution in [-0.2, 0) is 11.2 Å². The molecule has 0 aliphatic rings. The first-order valence-corrected chi connectivity index (χ1v) is 5.21. The molecule has 0 spiro atoms. The highest BCUT2D eigenvalue weighted by molar-refractivity contribution is 5.73. The van der Waals surface area contributed by atoms with Crippen LogP contribution in [0.4, 0.5) is 0 Å². The summed E-state index contributed by atoms with van der Waals surface area (Å²) in [6, 6.07) is 9.13. The lowest BCUT2D eigenvalue weighted by atomic mass is 10.1. The number of rotatable bonds is 5. The minimum atomic E-state index is -0.542. The summed E-state index contributed by atoms with van der Waals surface area (Å²) in [5.41, 5.74) is 1.01. The number of nitrogens with zero attached hydrogens (tertiary/aromatic N) is 1. The highest BCUT2D eigenvalue weighted by Crippen LogP contribution is 2.04. The third-order valence-electron chi connectivity index (χ3n) is 2.13. The van der Waals surface area contributed by atoms with Gasteiger partial charge in [0.1, 0.15) is 0 Å². The molecule has 1 atom stereocenters. The lowest BCUT2D eigenvalue weighted by Crippen LogP contribution is -2.33. The van der Waals surface area contributed by atoms with Crippen LogP contribution in [0.1, 0.15) is 12.5 Å². The van der Waals surface area contributed by atoms with E-state index in [1.165, 1.54) is 13.0 Å². The molecule has 0 bridgehead atoms. The van der Waals surface area contributed by atoms with Crippen LogP contribution in [0.2, 0.25) is 0 Å². The summed E-state index contributed by atoms with van der Waals surface area (Å²) in [6.07, 6.45) is 2.77. The van der Waals surface area contributed by atoms with E-state index in [4.69, 9.17) is 0 Å². The van der Waals surface area contributed by atoms with Crippen LogP contribution in [0, 0.1) is 10.1 Å². The SMILES string of the molecule is CC(=O)N[C@H](/C=C/[N+](=O)[O-])Cc1ccccc1. The lowest BCUT2D eigenvalue weighted by Gasteiger charge is -2.12. The molecule has 0 aliphatic heterocycles. The molecule has 0 fully saturated rings. The van der Waals surface area contributed by atoms with E-state index in [1.807, 2.05) is 30.3 Å². The number of hydrogen-bond donors (Lipinski definition) is 1. The number of benzene rings is 1. The minimum absolute atomic E-state index is 0.209. The van der Waals surface area contributed by atoms with Crippen LogP contribution in [0.3, 0.4) is 0 Å². The second-order valence-corrected chi connectivity index (χ2v) is 3.62. The van der Waals surface area contributed by atoms with E-state index >= 15 is 0 Å². The van der Waals surface area contributed by atoms with Gasteiger partial charge in [-0.3, -0.25) is 14.9 Å². The molecule has 0 aliphatic carbocycles. The third kappa shape index (κ3) is 5.46. The summed E-state index contributed by atoms with van der Waals surface area (Å²) in [6.45, 7) is 1.39. The van der Waals surface area contributed by atoms with Gasteiger partial charge in [0.15, 0.2) is 0 Å². The second kappa shape index (κ2) is 6.42. The Morgan fingerprint density at radius 2 is 2.12 bits per heavy atom. The maximum absolute atomic E-state index is 11.0. The summed E-state index contributed by atoms with van der Waals surface area (Å²) in [4.78, 5) is 20.7. The predicted octanol–water partition coefficient (Wildman–Crippen LogP) is 1.52. The van der Waals surface area contributed by atoms with Gasteiger partial charge in [-0.1, -0.05) is 30.3 Å². The molecule has 1 aromatic carbocycles. The van der Waals surface area contributed by atoms with E-state index in [-0.39, 0.29) is 11.9 Å². The summed E-state index contributed by atoms with van der Waals surface area (Å²) in [5.74, 6) is -0.209. The first kappa shape index (κ1) is 12.9. The van der Waals surface area contributed by atoms with Crippen molar-refractivity contribution in [2.75, 3.05) is 0 Å². The second-order valence-electron chi connectivity index (χ2n) is 3.62. The summed E-state index contributed by atoms with van der Waals surface area (Å²) < 4.78 is 0. The van der Waals surface area contributed by atoms with Gasteiger partial charge in [0.2, 0.25) is 12.1 Å². The van der Waals surface area contributed by atoms with Crippen LogP contribution < -0.4 is 5.32 Å². The molecule has 0 saturated heterocycles. The number of carbonyl (C=O) groups excluding carboxylic acids is 1. The van der Waals surface area contributed by atoms with Crippen LogP contribution in [0.15, 0.2) is 42.6 Å². The maximum atomic E-state index is 11.0. The van der Waals surface area contributed by atoms with Gasteiger partial charge in [-0.05, 0) is 12.0 Å². The van der Waals surface area contributed by atoms with E-state index in [1.54, 1.807) is 0 Å². The fourth-order valence-corrected chi connectivity index (χ4v) is 1.47. The van der Waals surface area contributed by atoms with E-state index in [2.05, 4.69) is 5.32 Å². The minimum Gasteiger partial charge on any atom is -0.350 e. The van der Waals surface area contributed by atoms with Crippen molar-refractivity contribution in [2.45, 2.75) is 19.4 Å². The van der Waals surface area contributed by atoms with Crippen LogP contribution in [0.25, 0.3) is 0 Å². The topological polar surface area (TPSA) is 72.2 Å². The Balaban J connectivity index is 2.70. The average molecular weight is 234 g/mol. The first-order valence-electron chi connectivity index (χ1n) is 5.21. The molecule has 0 aromatic heterocycles. The zero-order valence-electron chi connectivity index (χ0n) is 9.50. The fourth-order valence-electron chi connectivity index (χ4n) is 1.47. The van der Waals surface area contributed by atoms with Crippen molar-refractivity contribution in [3.05, 3.63) is 58.3 Å². The van der Waals surface area contributed by atoms with Gasteiger partial charge < -0.3 is 5.32 Å². The Bertz CT molecular complexity index is 415. The van der Waals surface area contributed by atoms with Gasteiger partial charge in [-0.15, -0.1) is 0 Å². The zero-order valence-corrected chi connectivity index (χ0v) is 9.50. The number of hydrogen-bond acceptors (Lipinski definition) is 3. The van der Waals surface area contributed by atoms with Crippen LogP contribution >= 0.6 is 0 Å². The highest BCUT2D eigenvalue weighted by Gasteiger charge is 2.08. The fraction of sp³-hybridized carbons (Fsp3) is 0.250. The van der Waals surface area contributed by atoms with Crippen molar-refractivity contribution in [1.82, 2.24) is 5.32 Å². The Labute approximate surface area is 99.3 Å². The van der Waals surface area contributed by atoms with Gasteiger partial charge in [0, 0.05) is 13.0 Å². The van der Waals surface area contributed by atoms with Crippen molar-refractivity contribution in [1.29, 1.82) is 0 Å². The third-order valence-corrected chi connectivity index (χ3v) is 2.13. The van der Waals surface area contributed by atoms with Crippen molar-refractivity contribution in [3.63, 3.8) is 0 Å². The molecule has 0 saturated carbocycles. The smallest absolute Gasteiger partial charge is 0.232 e. The summed E-state index contributed by atoms with van der Waals surface area (Å²) in [5, 5.41) is 12.9. The molecule has 90 valence electrons. The monoisotopic (exact) mass is 234 g/mol. The van der Waals surface area contributed by atoms with Gasteiger partial charge >= 0.3 is 0 Å². The largest absolute Gasteiger partial charge is 0.350 e. The van der Waals surface area contributed by atoms with Gasteiger partial charge in [-0.2, -0.15) is 0 Å². The standard InChI is InChI=1S/C12H14N2O3/c1-10(15)13-12(7-8-14(16)17)9-11-5-3-2-4-6-11/h2-8,12H,9H2,1H3,(H,13,15)/b8-7+/t12-/m1/s1. The number of amides is 1. The maximum Gasteiger partial charge on any atom is 0.232 e. The normalized spacial score (nSPS) is 12.3. The molecule has 5 nitrogen and oxygen atoms in total. The molecule has 5 heteroatoms. The average Bonchev–Trinajstić information content (AvgIpc) is 2.26. The van der Waals surface area contributed by atoms with Crippen LogP contribution in [0.5, 0.6) is 0 Å². The Morgan fingerprint density at radius 3 is 2.65 bits per heavy atom. The summed E-state index contributed by atoms with van der Waals surface area (Å²) in [7, 11) is 0.